The fourth-order valence-corrected chi connectivity index (χ4v) is 3.08. The third-order valence-electron chi connectivity index (χ3n) is 4.18. The van der Waals surface area contributed by atoms with Gasteiger partial charge in [-0.3, -0.25) is 9.59 Å². The van der Waals surface area contributed by atoms with Crippen LogP contribution in [0.15, 0.2) is 53.3 Å². The van der Waals surface area contributed by atoms with Gasteiger partial charge in [0.25, 0.3) is 5.56 Å². The van der Waals surface area contributed by atoms with E-state index in [1.807, 2.05) is 48.5 Å². The summed E-state index contributed by atoms with van der Waals surface area (Å²) in [6, 6.07) is 15.0. The number of pyridine rings is 1. The highest BCUT2D eigenvalue weighted by Gasteiger charge is 2.17. The minimum atomic E-state index is -0.403. The first-order valence-electron chi connectivity index (χ1n) is 7.49. The molecular weight excluding hydrogens is 304 g/mol. The zero-order valence-corrected chi connectivity index (χ0v) is 12.9. The van der Waals surface area contributed by atoms with Crippen molar-refractivity contribution in [3.05, 3.63) is 64.4 Å². The molecule has 0 radical (unpaired) electrons. The summed E-state index contributed by atoms with van der Waals surface area (Å²) < 4.78 is 5.27. The van der Waals surface area contributed by atoms with E-state index >= 15 is 0 Å². The Morgan fingerprint density at radius 3 is 2.62 bits per heavy atom. The van der Waals surface area contributed by atoms with Gasteiger partial charge in [-0.2, -0.15) is 0 Å². The molecule has 2 aromatic carbocycles. The van der Waals surface area contributed by atoms with Crippen LogP contribution in [0.3, 0.4) is 0 Å². The predicted octanol–water partition coefficient (Wildman–Crippen LogP) is 3.50. The summed E-state index contributed by atoms with van der Waals surface area (Å²) in [5.74, 6) is 0.661. The lowest BCUT2D eigenvalue weighted by atomic mass is 10.00. The van der Waals surface area contributed by atoms with Crippen molar-refractivity contribution in [3.8, 4) is 16.9 Å². The van der Waals surface area contributed by atoms with Crippen LogP contribution in [0.5, 0.6) is 5.75 Å². The molecule has 0 aliphatic rings. The smallest absolute Gasteiger partial charge is 0.259 e. The number of benzene rings is 2. The average Bonchev–Trinajstić information content (AvgIpc) is 2.98. The van der Waals surface area contributed by atoms with Crippen LogP contribution in [0.2, 0.25) is 0 Å². The lowest BCUT2D eigenvalue weighted by Crippen LogP contribution is -2.13. The number of fused-ring (bicyclic) bond motifs is 3. The maximum atomic E-state index is 12.4. The molecule has 0 aliphatic heterocycles. The Balaban J connectivity index is 2.19. The first kappa shape index (κ1) is 14.3. The summed E-state index contributed by atoms with van der Waals surface area (Å²) in [6.07, 6.45) is 0.596. The molecule has 5 heteroatoms. The van der Waals surface area contributed by atoms with E-state index in [0.717, 1.165) is 22.0 Å². The largest absolute Gasteiger partial charge is 0.497 e. The standard InChI is InChI=1S/C19H14N2O3/c1-24-12-6-4-5-11(9-12)16-14(10-22)19(23)21-17-13-7-2-3-8-15(13)20-18(16)17/h2-10,20H,1H3,(H,21,23). The fourth-order valence-electron chi connectivity index (χ4n) is 3.08. The molecule has 2 N–H and O–H groups in total. The number of para-hydroxylation sites is 1. The normalized spacial score (nSPS) is 11.0. The number of hydrogen-bond donors (Lipinski definition) is 2. The molecule has 0 unspecified atom stereocenters. The number of methoxy groups -OCH3 is 1. The van der Waals surface area contributed by atoms with Gasteiger partial charge in [0.05, 0.1) is 23.7 Å². The Hall–Kier alpha value is -3.34. The summed E-state index contributed by atoms with van der Waals surface area (Å²) in [4.78, 5) is 30.1. The summed E-state index contributed by atoms with van der Waals surface area (Å²) in [7, 11) is 1.58. The highest BCUT2D eigenvalue weighted by molar-refractivity contribution is 6.12. The maximum absolute atomic E-state index is 12.4. The van der Waals surface area contributed by atoms with E-state index in [0.29, 0.717) is 23.1 Å². The van der Waals surface area contributed by atoms with Gasteiger partial charge in [0, 0.05) is 16.5 Å². The zero-order valence-electron chi connectivity index (χ0n) is 12.9. The van der Waals surface area contributed by atoms with Crippen LogP contribution in [0.25, 0.3) is 33.1 Å². The van der Waals surface area contributed by atoms with Crippen LogP contribution < -0.4 is 10.3 Å². The number of aldehydes is 1. The third kappa shape index (κ3) is 2.02. The Morgan fingerprint density at radius 2 is 1.83 bits per heavy atom. The quantitative estimate of drug-likeness (QED) is 0.568. The molecule has 0 fully saturated rings. The Morgan fingerprint density at radius 1 is 1.00 bits per heavy atom. The van der Waals surface area contributed by atoms with Gasteiger partial charge in [0.15, 0.2) is 6.29 Å². The number of hydrogen-bond acceptors (Lipinski definition) is 3. The molecular formula is C19H14N2O3. The van der Waals surface area contributed by atoms with E-state index in [4.69, 9.17) is 4.74 Å². The number of carbonyl (C=O) groups excluding carboxylic acids is 1. The SMILES string of the molecule is COc1cccc(-c2c(C=O)c(=O)[nH]c3c2[nH]c2ccccc23)c1. The minimum absolute atomic E-state index is 0.0994. The second-order valence-electron chi connectivity index (χ2n) is 5.51. The van der Waals surface area contributed by atoms with Gasteiger partial charge in [-0.1, -0.05) is 30.3 Å². The van der Waals surface area contributed by atoms with Gasteiger partial charge < -0.3 is 14.7 Å². The first-order valence-corrected chi connectivity index (χ1v) is 7.49. The van der Waals surface area contributed by atoms with Crippen LogP contribution in [0, 0.1) is 0 Å². The molecule has 118 valence electrons. The molecule has 4 rings (SSSR count). The number of nitrogens with one attached hydrogen (secondary N) is 2. The molecule has 4 aromatic rings. The molecule has 0 spiro atoms. The van der Waals surface area contributed by atoms with Crippen molar-refractivity contribution in [2.24, 2.45) is 0 Å². The molecule has 0 amide bonds. The average molecular weight is 318 g/mol. The molecule has 0 aliphatic carbocycles. The number of ether oxygens (including phenoxy) is 1. The number of rotatable bonds is 3. The Labute approximate surface area is 136 Å². The van der Waals surface area contributed by atoms with Gasteiger partial charge in [-0.25, -0.2) is 0 Å². The van der Waals surface area contributed by atoms with Crippen LogP contribution in [0.4, 0.5) is 0 Å². The first-order chi connectivity index (χ1) is 11.7. The van der Waals surface area contributed by atoms with Crippen molar-refractivity contribution in [1.82, 2.24) is 9.97 Å². The van der Waals surface area contributed by atoms with Crippen LogP contribution in [0.1, 0.15) is 10.4 Å². The number of aromatic nitrogens is 2. The van der Waals surface area contributed by atoms with Gasteiger partial charge in [-0.05, 0) is 23.8 Å². The molecule has 2 heterocycles. The molecule has 0 bridgehead atoms. The minimum Gasteiger partial charge on any atom is -0.497 e. The van der Waals surface area contributed by atoms with Crippen molar-refractivity contribution in [2.75, 3.05) is 7.11 Å². The third-order valence-corrected chi connectivity index (χ3v) is 4.18. The van der Waals surface area contributed by atoms with Crippen molar-refractivity contribution in [3.63, 3.8) is 0 Å². The van der Waals surface area contributed by atoms with E-state index in [1.165, 1.54) is 0 Å². The topological polar surface area (TPSA) is 75.0 Å². The molecule has 0 atom stereocenters. The van der Waals surface area contributed by atoms with E-state index in [1.54, 1.807) is 7.11 Å². The molecule has 0 saturated carbocycles. The van der Waals surface area contributed by atoms with Gasteiger partial charge >= 0.3 is 0 Å². The van der Waals surface area contributed by atoms with Gasteiger partial charge in [-0.15, -0.1) is 0 Å². The number of carbonyl (C=O) groups is 1. The summed E-state index contributed by atoms with van der Waals surface area (Å²) in [6.45, 7) is 0. The summed E-state index contributed by atoms with van der Waals surface area (Å²) in [5.41, 5.74) is 3.35. The Bertz CT molecular complexity index is 1140. The second kappa shape index (κ2) is 5.38. The second-order valence-corrected chi connectivity index (χ2v) is 5.51. The fraction of sp³-hybridized carbons (Fsp3) is 0.0526. The van der Waals surface area contributed by atoms with Gasteiger partial charge in [0.2, 0.25) is 0 Å². The van der Waals surface area contributed by atoms with E-state index in [2.05, 4.69) is 9.97 Å². The zero-order chi connectivity index (χ0) is 16.7. The lowest BCUT2D eigenvalue weighted by molar-refractivity contribution is 0.112. The van der Waals surface area contributed by atoms with Gasteiger partial charge in [0.1, 0.15) is 5.75 Å². The Kier molecular flexibility index (Phi) is 3.20. The van der Waals surface area contributed by atoms with E-state index in [9.17, 15) is 9.59 Å². The molecule has 2 aromatic heterocycles. The predicted molar refractivity (Wildman–Crippen MR) is 93.8 cm³/mol. The van der Waals surface area contributed by atoms with Crippen molar-refractivity contribution in [2.45, 2.75) is 0 Å². The maximum Gasteiger partial charge on any atom is 0.259 e. The molecule has 0 saturated heterocycles. The summed E-state index contributed by atoms with van der Waals surface area (Å²) in [5, 5.41) is 0.909. The van der Waals surface area contributed by atoms with E-state index < -0.39 is 5.56 Å². The van der Waals surface area contributed by atoms with Crippen molar-refractivity contribution < 1.29 is 9.53 Å². The highest BCUT2D eigenvalue weighted by Crippen LogP contribution is 2.33. The van der Waals surface area contributed by atoms with Crippen LogP contribution >= 0.6 is 0 Å². The van der Waals surface area contributed by atoms with Crippen LogP contribution in [-0.4, -0.2) is 23.4 Å². The monoisotopic (exact) mass is 318 g/mol. The van der Waals surface area contributed by atoms with E-state index in [-0.39, 0.29) is 5.56 Å². The number of H-pyrrole nitrogens is 2. The van der Waals surface area contributed by atoms with Crippen molar-refractivity contribution in [1.29, 1.82) is 0 Å². The molecule has 5 nitrogen and oxygen atoms in total. The lowest BCUT2D eigenvalue weighted by Gasteiger charge is -2.08. The number of aromatic amines is 2. The van der Waals surface area contributed by atoms with Crippen molar-refractivity contribution >= 4 is 28.2 Å². The highest BCUT2D eigenvalue weighted by atomic mass is 16.5. The summed E-state index contributed by atoms with van der Waals surface area (Å²) >= 11 is 0. The van der Waals surface area contributed by atoms with Crippen LogP contribution in [-0.2, 0) is 0 Å². The molecule has 24 heavy (non-hydrogen) atoms.